The maximum atomic E-state index is 13.8. The van der Waals surface area contributed by atoms with Gasteiger partial charge in [-0.15, -0.1) is 0 Å². The molecule has 118 valence electrons. The van der Waals surface area contributed by atoms with Crippen molar-refractivity contribution in [3.63, 3.8) is 0 Å². The van der Waals surface area contributed by atoms with E-state index in [2.05, 4.69) is 10.3 Å². The van der Waals surface area contributed by atoms with Crippen LogP contribution in [0.1, 0.15) is 5.56 Å². The van der Waals surface area contributed by atoms with Gasteiger partial charge in [-0.25, -0.2) is 13.8 Å². The van der Waals surface area contributed by atoms with Crippen LogP contribution in [0, 0.1) is 11.6 Å². The highest BCUT2D eigenvalue weighted by Gasteiger charge is 2.31. The number of anilines is 2. The number of hydrogen-bond donors (Lipinski definition) is 1. The van der Waals surface area contributed by atoms with Gasteiger partial charge < -0.3 is 5.32 Å². The molecule has 0 aliphatic carbocycles. The minimum Gasteiger partial charge on any atom is -0.337 e. The van der Waals surface area contributed by atoms with Crippen LogP contribution in [-0.4, -0.2) is 4.98 Å². The molecule has 0 amide bonds. The molecule has 0 aliphatic heterocycles. The van der Waals surface area contributed by atoms with Crippen LogP contribution >= 0.6 is 34.8 Å². The van der Waals surface area contributed by atoms with Crippen LogP contribution in [0.25, 0.3) is 0 Å². The third kappa shape index (κ3) is 3.37. The van der Waals surface area contributed by atoms with Gasteiger partial charge in [0.2, 0.25) is 0 Å². The maximum absolute atomic E-state index is 13.8. The molecule has 2 aromatic rings. The Morgan fingerprint density at radius 2 is 1.59 bits per heavy atom. The minimum absolute atomic E-state index is 0.271. The smallest absolute Gasteiger partial charge is 0.337 e. The molecule has 2 rings (SSSR count). The Hall–Kier alpha value is -1.31. The topological polar surface area (TPSA) is 24.9 Å². The molecule has 1 aromatic heterocycles. The molecule has 1 heterocycles. The lowest BCUT2D eigenvalue weighted by molar-refractivity contribution is -0.137. The van der Waals surface area contributed by atoms with Crippen molar-refractivity contribution in [1.82, 2.24) is 4.98 Å². The van der Waals surface area contributed by atoms with Gasteiger partial charge in [-0.05, 0) is 12.1 Å². The number of rotatable bonds is 2. The lowest BCUT2D eigenvalue weighted by Crippen LogP contribution is -2.07. The number of benzene rings is 1. The molecular formula is C12H4Cl3F5N2. The summed E-state index contributed by atoms with van der Waals surface area (Å²) in [5.74, 6) is -2.61. The summed E-state index contributed by atoms with van der Waals surface area (Å²) in [7, 11) is 0. The van der Waals surface area contributed by atoms with E-state index in [1.165, 1.54) is 0 Å². The normalized spacial score (nSPS) is 11.6. The first-order valence-corrected chi connectivity index (χ1v) is 6.57. The Kier molecular flexibility index (Phi) is 4.70. The minimum atomic E-state index is -4.62. The summed E-state index contributed by atoms with van der Waals surface area (Å²) in [6.45, 7) is 0. The van der Waals surface area contributed by atoms with E-state index in [1.54, 1.807) is 0 Å². The van der Waals surface area contributed by atoms with Gasteiger partial charge in [-0.3, -0.25) is 0 Å². The number of nitrogens with one attached hydrogen (secondary N) is 1. The first kappa shape index (κ1) is 17.1. The van der Waals surface area contributed by atoms with Gasteiger partial charge in [0.05, 0.1) is 21.3 Å². The van der Waals surface area contributed by atoms with Crippen molar-refractivity contribution in [2.75, 3.05) is 5.32 Å². The van der Waals surface area contributed by atoms with Gasteiger partial charge in [0.25, 0.3) is 0 Å². The lowest BCUT2D eigenvalue weighted by Gasteiger charge is -2.12. The van der Waals surface area contributed by atoms with Crippen molar-refractivity contribution in [2.24, 2.45) is 0 Å². The molecule has 0 spiro atoms. The molecule has 10 heteroatoms. The number of halogens is 8. The van der Waals surface area contributed by atoms with Crippen molar-refractivity contribution in [3.8, 4) is 0 Å². The molecule has 22 heavy (non-hydrogen) atoms. The number of nitrogens with zero attached hydrogens (tertiary/aromatic N) is 1. The number of alkyl halides is 3. The van der Waals surface area contributed by atoms with Crippen molar-refractivity contribution in [3.05, 3.63) is 50.6 Å². The van der Waals surface area contributed by atoms with E-state index in [4.69, 9.17) is 34.8 Å². The lowest BCUT2D eigenvalue weighted by atomic mass is 10.2. The van der Waals surface area contributed by atoms with Crippen LogP contribution in [0.15, 0.2) is 18.3 Å². The van der Waals surface area contributed by atoms with Gasteiger partial charge in [0.15, 0.2) is 11.6 Å². The monoisotopic (exact) mass is 376 g/mol. The van der Waals surface area contributed by atoms with E-state index in [-0.39, 0.29) is 11.5 Å². The third-order valence-corrected chi connectivity index (χ3v) is 3.42. The Bertz CT molecular complexity index is 734. The fourth-order valence-electron chi connectivity index (χ4n) is 1.48. The summed E-state index contributed by atoms with van der Waals surface area (Å²) in [6, 6.07) is 1.48. The highest BCUT2D eigenvalue weighted by atomic mass is 35.5. The van der Waals surface area contributed by atoms with Crippen LogP contribution in [0.2, 0.25) is 15.1 Å². The van der Waals surface area contributed by atoms with Crippen LogP contribution in [-0.2, 0) is 6.18 Å². The molecule has 0 unspecified atom stereocenters. The molecular weight excluding hydrogens is 373 g/mol. The van der Waals surface area contributed by atoms with E-state index in [1.807, 2.05) is 0 Å². The van der Waals surface area contributed by atoms with Gasteiger partial charge in [0, 0.05) is 6.20 Å². The van der Waals surface area contributed by atoms with E-state index < -0.39 is 38.4 Å². The van der Waals surface area contributed by atoms with Crippen molar-refractivity contribution < 1.29 is 22.0 Å². The molecule has 0 radical (unpaired) electrons. The summed E-state index contributed by atoms with van der Waals surface area (Å²) in [5, 5.41) is 0.558. The first-order valence-electron chi connectivity index (χ1n) is 5.44. The largest absolute Gasteiger partial charge is 0.417 e. The third-order valence-electron chi connectivity index (χ3n) is 2.52. The fourth-order valence-corrected chi connectivity index (χ4v) is 2.15. The number of pyridine rings is 1. The first-order chi connectivity index (χ1) is 10.1. The van der Waals surface area contributed by atoms with Gasteiger partial charge >= 0.3 is 6.18 Å². The summed E-state index contributed by atoms with van der Waals surface area (Å²) < 4.78 is 64.5. The molecule has 1 aromatic carbocycles. The molecule has 0 saturated heterocycles. The molecule has 0 bridgehead atoms. The van der Waals surface area contributed by atoms with Gasteiger partial charge in [-0.2, -0.15) is 13.2 Å². The molecule has 0 fully saturated rings. The summed E-state index contributed by atoms with van der Waals surface area (Å²) >= 11 is 16.6. The van der Waals surface area contributed by atoms with Crippen LogP contribution in [0.5, 0.6) is 0 Å². The van der Waals surface area contributed by atoms with E-state index >= 15 is 0 Å². The molecule has 0 saturated carbocycles. The second-order valence-electron chi connectivity index (χ2n) is 4.03. The van der Waals surface area contributed by atoms with E-state index in [0.29, 0.717) is 12.3 Å². The van der Waals surface area contributed by atoms with E-state index in [0.717, 1.165) is 6.07 Å². The fraction of sp³-hybridized carbons (Fsp3) is 0.0833. The standard InChI is InChI=1S/C12H4Cl3F5N2/c13-5-2-7(10(17)8(15)9(5)16)22-11-6(14)1-4(3-21-11)12(18,19)20/h1-3H,(H,21,22). The number of aromatic nitrogens is 1. The van der Waals surface area contributed by atoms with Gasteiger partial charge in [-0.1, -0.05) is 34.8 Å². The highest BCUT2D eigenvalue weighted by Crippen LogP contribution is 2.36. The second-order valence-corrected chi connectivity index (χ2v) is 5.22. The second kappa shape index (κ2) is 6.06. The molecule has 0 aliphatic rings. The van der Waals surface area contributed by atoms with Crippen molar-refractivity contribution in [2.45, 2.75) is 6.18 Å². The molecule has 0 atom stereocenters. The predicted octanol–water partition coefficient (Wildman–Crippen LogP) is 6.08. The van der Waals surface area contributed by atoms with Crippen LogP contribution in [0.4, 0.5) is 33.5 Å². The zero-order valence-corrected chi connectivity index (χ0v) is 12.5. The SMILES string of the molecule is Fc1c(Cl)cc(Nc2ncc(C(F)(F)F)cc2Cl)c(F)c1Cl. The predicted molar refractivity (Wildman–Crippen MR) is 73.9 cm³/mol. The Balaban J connectivity index is 2.40. The Morgan fingerprint density at radius 1 is 0.955 bits per heavy atom. The summed E-state index contributed by atoms with van der Waals surface area (Å²) in [5.41, 5.74) is -1.45. The summed E-state index contributed by atoms with van der Waals surface area (Å²) in [6.07, 6.45) is -4.11. The van der Waals surface area contributed by atoms with Crippen molar-refractivity contribution >= 4 is 46.3 Å². The average molecular weight is 378 g/mol. The van der Waals surface area contributed by atoms with Crippen molar-refractivity contribution in [1.29, 1.82) is 0 Å². The van der Waals surface area contributed by atoms with Crippen LogP contribution < -0.4 is 5.32 Å². The summed E-state index contributed by atoms with van der Waals surface area (Å²) in [4.78, 5) is 3.45. The van der Waals surface area contributed by atoms with Gasteiger partial charge in [0.1, 0.15) is 10.8 Å². The molecule has 2 nitrogen and oxygen atoms in total. The number of hydrogen-bond acceptors (Lipinski definition) is 2. The zero-order chi connectivity index (χ0) is 16.7. The Labute approximate surface area is 135 Å². The zero-order valence-electron chi connectivity index (χ0n) is 10.2. The molecule has 1 N–H and O–H groups in total. The average Bonchev–Trinajstić information content (AvgIpc) is 2.43. The maximum Gasteiger partial charge on any atom is 0.417 e. The Morgan fingerprint density at radius 3 is 2.14 bits per heavy atom. The van der Waals surface area contributed by atoms with E-state index in [9.17, 15) is 22.0 Å². The highest BCUT2D eigenvalue weighted by molar-refractivity contribution is 6.35. The van der Waals surface area contributed by atoms with Crippen LogP contribution in [0.3, 0.4) is 0 Å². The quantitative estimate of drug-likeness (QED) is 0.389.